The summed E-state index contributed by atoms with van der Waals surface area (Å²) in [5.74, 6) is 0.710. The molecule has 9 nitrogen and oxygen atoms in total. The summed E-state index contributed by atoms with van der Waals surface area (Å²) in [6.07, 6.45) is -0.654. The fourth-order valence-electron chi connectivity index (χ4n) is 3.28. The third-order valence-corrected chi connectivity index (χ3v) is 4.73. The number of piperazine rings is 1. The van der Waals surface area contributed by atoms with Crippen molar-refractivity contribution < 1.29 is 23.9 Å². The van der Waals surface area contributed by atoms with Crippen molar-refractivity contribution in [1.82, 2.24) is 20.4 Å². The van der Waals surface area contributed by atoms with Crippen molar-refractivity contribution in [1.29, 1.82) is 0 Å². The third-order valence-electron chi connectivity index (χ3n) is 4.73. The normalized spacial score (nSPS) is 19.0. The summed E-state index contributed by atoms with van der Waals surface area (Å²) in [6, 6.07) is 7.33. The van der Waals surface area contributed by atoms with E-state index in [9.17, 15) is 14.4 Å². The molecule has 2 N–H and O–H groups in total. The number of rotatable bonds is 6. The molecule has 2 aliphatic rings. The smallest absolute Gasteiger partial charge is 0.267 e. The Morgan fingerprint density at radius 3 is 2.45 bits per heavy atom. The molecule has 1 aromatic rings. The first-order chi connectivity index (χ1) is 13.9. The number of hydrogen-bond acceptors (Lipinski definition) is 6. The minimum atomic E-state index is -0.654. The number of ether oxygens (including phenoxy) is 2. The van der Waals surface area contributed by atoms with Crippen LogP contribution in [0.5, 0.6) is 11.5 Å². The van der Waals surface area contributed by atoms with Gasteiger partial charge in [-0.3, -0.25) is 19.3 Å². The lowest BCUT2D eigenvalue weighted by molar-refractivity contribution is -0.143. The number of nitrogens with zero attached hydrogens (tertiary/aromatic N) is 2. The van der Waals surface area contributed by atoms with Crippen LogP contribution in [0.2, 0.25) is 0 Å². The number of fused-ring (bicyclic) bond motifs is 1. The minimum Gasteiger partial charge on any atom is -0.485 e. The van der Waals surface area contributed by atoms with Crippen LogP contribution in [0, 0.1) is 0 Å². The Morgan fingerprint density at radius 2 is 1.76 bits per heavy atom. The molecule has 3 amide bonds. The van der Waals surface area contributed by atoms with Gasteiger partial charge in [-0.25, -0.2) is 0 Å². The van der Waals surface area contributed by atoms with E-state index in [1.807, 2.05) is 36.9 Å². The van der Waals surface area contributed by atoms with Gasteiger partial charge in [-0.1, -0.05) is 12.1 Å². The lowest BCUT2D eigenvalue weighted by atomic mass is 10.2. The third kappa shape index (κ3) is 5.83. The maximum absolute atomic E-state index is 12.7. The Balaban J connectivity index is 1.39. The average molecular weight is 404 g/mol. The molecule has 0 unspecified atom stereocenters. The molecule has 0 radical (unpaired) electrons. The molecule has 0 bridgehead atoms. The van der Waals surface area contributed by atoms with Crippen molar-refractivity contribution in [2.24, 2.45) is 0 Å². The van der Waals surface area contributed by atoms with Crippen molar-refractivity contribution in [2.75, 3.05) is 45.9 Å². The quantitative estimate of drug-likeness (QED) is 0.670. The van der Waals surface area contributed by atoms with Gasteiger partial charge in [0.2, 0.25) is 17.9 Å². The Labute approximate surface area is 170 Å². The van der Waals surface area contributed by atoms with E-state index in [2.05, 4.69) is 10.6 Å². The van der Waals surface area contributed by atoms with Crippen LogP contribution in [0.4, 0.5) is 0 Å². The van der Waals surface area contributed by atoms with Crippen LogP contribution in [-0.4, -0.2) is 85.5 Å². The van der Waals surface area contributed by atoms with Crippen molar-refractivity contribution in [3.05, 3.63) is 24.3 Å². The molecular formula is C20H28N4O5. The lowest BCUT2D eigenvalue weighted by Crippen LogP contribution is -2.55. The Kier molecular flexibility index (Phi) is 6.92. The lowest BCUT2D eigenvalue weighted by Gasteiger charge is -2.36. The van der Waals surface area contributed by atoms with Gasteiger partial charge in [-0.15, -0.1) is 0 Å². The number of carbonyl (C=O) groups is 3. The zero-order chi connectivity index (χ0) is 20.8. The first kappa shape index (κ1) is 20.9. The van der Waals surface area contributed by atoms with Crippen molar-refractivity contribution in [2.45, 2.75) is 26.0 Å². The summed E-state index contributed by atoms with van der Waals surface area (Å²) in [7, 11) is 0. The summed E-state index contributed by atoms with van der Waals surface area (Å²) < 4.78 is 11.4. The maximum atomic E-state index is 12.7. The highest BCUT2D eigenvalue weighted by Crippen LogP contribution is 2.31. The molecule has 2 aliphatic heterocycles. The Morgan fingerprint density at radius 1 is 1.07 bits per heavy atom. The number of carbonyl (C=O) groups excluding carboxylic acids is 3. The highest BCUT2D eigenvalue weighted by molar-refractivity contribution is 5.85. The standard InChI is InChI=1S/C20H28N4O5/c1-14(2)22-18(25)11-21-19(26)12-23-7-9-24(10-8-23)20(27)17-13-28-15-5-3-4-6-16(15)29-17/h3-6,14,17H,7-13H2,1-2H3,(H,21,26)(H,22,25)/t17-/m1/s1. The molecule has 0 aliphatic carbocycles. The SMILES string of the molecule is CC(C)NC(=O)CNC(=O)CN1CCN(C(=O)[C@H]2COc3ccccc3O2)CC1. The van der Waals surface area contributed by atoms with Gasteiger partial charge in [0, 0.05) is 32.2 Å². The van der Waals surface area contributed by atoms with Gasteiger partial charge < -0.3 is 25.0 Å². The summed E-state index contributed by atoms with van der Waals surface area (Å²) in [4.78, 5) is 40.1. The number of nitrogens with one attached hydrogen (secondary N) is 2. The predicted octanol–water partition coefficient (Wildman–Crippen LogP) is -0.389. The van der Waals surface area contributed by atoms with Crippen LogP contribution >= 0.6 is 0 Å². The van der Waals surface area contributed by atoms with Crippen LogP contribution < -0.4 is 20.1 Å². The topological polar surface area (TPSA) is 100 Å². The van der Waals surface area contributed by atoms with E-state index in [4.69, 9.17) is 9.47 Å². The van der Waals surface area contributed by atoms with Crippen LogP contribution in [0.3, 0.4) is 0 Å². The highest BCUT2D eigenvalue weighted by Gasteiger charge is 2.32. The Bertz CT molecular complexity index is 746. The molecule has 2 heterocycles. The predicted molar refractivity (Wildman–Crippen MR) is 106 cm³/mol. The summed E-state index contributed by atoms with van der Waals surface area (Å²) >= 11 is 0. The fraction of sp³-hybridized carbons (Fsp3) is 0.550. The number of para-hydroxylation sites is 2. The summed E-state index contributed by atoms with van der Waals surface area (Å²) in [6.45, 7) is 6.29. The molecule has 1 aromatic carbocycles. The minimum absolute atomic E-state index is 0.0318. The second-order valence-electron chi connectivity index (χ2n) is 7.46. The monoisotopic (exact) mass is 404 g/mol. The maximum Gasteiger partial charge on any atom is 0.267 e. The van der Waals surface area contributed by atoms with Gasteiger partial charge in [0.25, 0.3) is 5.91 Å². The first-order valence-electron chi connectivity index (χ1n) is 9.88. The number of benzene rings is 1. The Hall–Kier alpha value is -2.81. The van der Waals surface area contributed by atoms with Gasteiger partial charge in [-0.05, 0) is 26.0 Å². The second-order valence-corrected chi connectivity index (χ2v) is 7.46. The molecular weight excluding hydrogens is 376 g/mol. The van der Waals surface area contributed by atoms with E-state index >= 15 is 0 Å². The first-order valence-corrected chi connectivity index (χ1v) is 9.88. The van der Waals surface area contributed by atoms with Gasteiger partial charge in [-0.2, -0.15) is 0 Å². The molecule has 9 heteroatoms. The highest BCUT2D eigenvalue weighted by atomic mass is 16.6. The molecule has 1 fully saturated rings. The molecule has 0 saturated carbocycles. The average Bonchev–Trinajstić information content (AvgIpc) is 2.71. The second kappa shape index (κ2) is 9.60. The van der Waals surface area contributed by atoms with Crippen LogP contribution in [0.25, 0.3) is 0 Å². The van der Waals surface area contributed by atoms with Crippen molar-refractivity contribution >= 4 is 17.7 Å². The number of hydrogen-bond donors (Lipinski definition) is 2. The largest absolute Gasteiger partial charge is 0.485 e. The van der Waals surface area contributed by atoms with E-state index in [0.29, 0.717) is 37.7 Å². The zero-order valence-corrected chi connectivity index (χ0v) is 16.8. The molecule has 1 saturated heterocycles. The van der Waals surface area contributed by atoms with E-state index in [1.54, 1.807) is 11.0 Å². The van der Waals surface area contributed by atoms with Gasteiger partial charge in [0.1, 0.15) is 6.61 Å². The molecule has 29 heavy (non-hydrogen) atoms. The van der Waals surface area contributed by atoms with Crippen molar-refractivity contribution in [3.8, 4) is 11.5 Å². The van der Waals surface area contributed by atoms with E-state index < -0.39 is 6.10 Å². The number of amides is 3. The van der Waals surface area contributed by atoms with Crippen LogP contribution in [0.15, 0.2) is 24.3 Å². The zero-order valence-electron chi connectivity index (χ0n) is 16.8. The van der Waals surface area contributed by atoms with Crippen LogP contribution in [-0.2, 0) is 14.4 Å². The molecule has 0 spiro atoms. The van der Waals surface area contributed by atoms with E-state index in [-0.39, 0.29) is 43.5 Å². The van der Waals surface area contributed by atoms with E-state index in [0.717, 1.165) is 0 Å². The molecule has 1 atom stereocenters. The van der Waals surface area contributed by atoms with Gasteiger partial charge in [0.05, 0.1) is 13.1 Å². The summed E-state index contributed by atoms with van der Waals surface area (Å²) in [5, 5.41) is 5.34. The summed E-state index contributed by atoms with van der Waals surface area (Å²) in [5.41, 5.74) is 0. The molecule has 0 aromatic heterocycles. The molecule has 3 rings (SSSR count). The van der Waals surface area contributed by atoms with Crippen molar-refractivity contribution in [3.63, 3.8) is 0 Å². The van der Waals surface area contributed by atoms with Crippen LogP contribution in [0.1, 0.15) is 13.8 Å². The van der Waals surface area contributed by atoms with Gasteiger partial charge >= 0.3 is 0 Å². The molecule has 158 valence electrons. The van der Waals surface area contributed by atoms with Gasteiger partial charge in [0.15, 0.2) is 11.5 Å². The fourth-order valence-corrected chi connectivity index (χ4v) is 3.28. The van der Waals surface area contributed by atoms with E-state index in [1.165, 1.54) is 0 Å².